The predicted molar refractivity (Wildman–Crippen MR) is 76.5 cm³/mol. The van der Waals surface area contributed by atoms with Crippen molar-refractivity contribution < 1.29 is 13.2 Å². The van der Waals surface area contributed by atoms with Crippen LogP contribution in [-0.4, -0.2) is 62.5 Å². The number of hydrogen-bond acceptors (Lipinski definition) is 4. The highest BCUT2D eigenvalue weighted by Gasteiger charge is 2.39. The van der Waals surface area contributed by atoms with E-state index in [0.717, 1.165) is 12.8 Å². The average molecular weight is 314 g/mol. The minimum atomic E-state index is -3.37. The summed E-state index contributed by atoms with van der Waals surface area (Å²) in [7, 11) is -3.37. The van der Waals surface area contributed by atoms with Gasteiger partial charge in [0.15, 0.2) is 0 Å². The first-order valence-corrected chi connectivity index (χ1v) is 8.02. The number of nitrogens with two attached hydrogens (primary N) is 1. The van der Waals surface area contributed by atoms with Gasteiger partial charge in [0.2, 0.25) is 0 Å². The molecule has 2 rings (SSSR count). The molecular weight excluding hydrogens is 290 g/mol. The zero-order valence-electron chi connectivity index (χ0n) is 11.3. The summed E-state index contributed by atoms with van der Waals surface area (Å²) in [4.78, 5) is 0. The second-order valence-corrected chi connectivity index (χ2v) is 6.93. The topological polar surface area (TPSA) is 75.9 Å². The minimum absolute atomic E-state index is 0. The number of nitrogens with zero attached hydrogens (tertiary/aromatic N) is 2. The third kappa shape index (κ3) is 3.59. The molecule has 2 aliphatic heterocycles. The van der Waals surface area contributed by atoms with Crippen LogP contribution < -0.4 is 5.73 Å². The molecule has 0 aromatic heterocycles. The molecular formula is C11H24ClN3O3S. The first kappa shape index (κ1) is 17.1. The highest BCUT2D eigenvalue weighted by molar-refractivity contribution is 7.86. The summed E-state index contributed by atoms with van der Waals surface area (Å²) in [6, 6.07) is -0.0633. The second-order valence-electron chi connectivity index (χ2n) is 5.05. The van der Waals surface area contributed by atoms with Crippen molar-refractivity contribution >= 4 is 22.6 Å². The number of rotatable bonds is 3. The fraction of sp³-hybridized carbons (Fsp3) is 1.00. The van der Waals surface area contributed by atoms with Gasteiger partial charge in [0.25, 0.3) is 10.2 Å². The Balaban J connectivity index is 0.00000180. The van der Waals surface area contributed by atoms with Crippen molar-refractivity contribution in [1.29, 1.82) is 0 Å². The van der Waals surface area contributed by atoms with Crippen LogP contribution in [0.2, 0.25) is 0 Å². The molecule has 2 fully saturated rings. The van der Waals surface area contributed by atoms with Crippen LogP contribution in [0.25, 0.3) is 0 Å². The summed E-state index contributed by atoms with van der Waals surface area (Å²) in [5.74, 6) is 0.333. The third-order valence-corrected chi connectivity index (χ3v) is 5.96. The summed E-state index contributed by atoms with van der Waals surface area (Å²) in [6.07, 6.45) is 1.97. The Kier molecular flexibility index (Phi) is 6.49. The fourth-order valence-electron chi connectivity index (χ4n) is 2.77. The molecule has 114 valence electrons. The molecule has 0 aromatic rings. The highest BCUT2D eigenvalue weighted by Crippen LogP contribution is 2.26. The Morgan fingerprint density at radius 3 is 2.47 bits per heavy atom. The van der Waals surface area contributed by atoms with Crippen LogP contribution in [0.1, 0.15) is 19.8 Å². The van der Waals surface area contributed by atoms with Crippen molar-refractivity contribution in [3.05, 3.63) is 0 Å². The zero-order chi connectivity index (χ0) is 13.2. The molecule has 0 saturated carbocycles. The zero-order valence-corrected chi connectivity index (χ0v) is 13.0. The Hall–Kier alpha value is 0.0800. The van der Waals surface area contributed by atoms with E-state index in [1.54, 1.807) is 4.31 Å². The molecule has 0 aromatic carbocycles. The van der Waals surface area contributed by atoms with Crippen molar-refractivity contribution in [1.82, 2.24) is 8.61 Å². The SMILES string of the molecule is CC1CCCN(S(=O)(=O)N2CCOCC2)C1CN.Cl. The second kappa shape index (κ2) is 7.19. The summed E-state index contributed by atoms with van der Waals surface area (Å²) in [5, 5.41) is 0. The lowest BCUT2D eigenvalue weighted by Crippen LogP contribution is -2.57. The Bertz CT molecular complexity index is 373. The molecule has 6 nitrogen and oxygen atoms in total. The predicted octanol–water partition coefficient (Wildman–Crippen LogP) is 0.0444. The fourth-order valence-corrected chi connectivity index (χ4v) is 4.68. The van der Waals surface area contributed by atoms with E-state index in [0.29, 0.717) is 45.3 Å². The van der Waals surface area contributed by atoms with Gasteiger partial charge in [0, 0.05) is 32.2 Å². The van der Waals surface area contributed by atoms with Crippen LogP contribution in [0.15, 0.2) is 0 Å². The van der Waals surface area contributed by atoms with Crippen LogP contribution in [0.3, 0.4) is 0 Å². The number of piperidine rings is 1. The maximum atomic E-state index is 12.6. The molecule has 2 unspecified atom stereocenters. The summed E-state index contributed by atoms with van der Waals surface area (Å²) in [5.41, 5.74) is 5.76. The molecule has 0 bridgehead atoms. The first-order valence-electron chi connectivity index (χ1n) is 6.62. The van der Waals surface area contributed by atoms with Gasteiger partial charge in [-0.1, -0.05) is 6.92 Å². The van der Waals surface area contributed by atoms with Crippen molar-refractivity contribution in [2.24, 2.45) is 11.7 Å². The Labute approximate surface area is 121 Å². The highest BCUT2D eigenvalue weighted by atomic mass is 35.5. The maximum Gasteiger partial charge on any atom is 0.282 e. The van der Waals surface area contributed by atoms with Gasteiger partial charge in [-0.25, -0.2) is 0 Å². The molecule has 2 aliphatic rings. The standard InChI is InChI=1S/C11H23N3O3S.ClH/c1-10-3-2-4-14(11(10)9-12)18(15,16)13-5-7-17-8-6-13;/h10-11H,2-9,12H2,1H3;1H. The number of hydrogen-bond donors (Lipinski definition) is 1. The molecule has 0 aliphatic carbocycles. The molecule has 0 spiro atoms. The van der Waals surface area contributed by atoms with Gasteiger partial charge in [-0.15, -0.1) is 12.4 Å². The lowest BCUT2D eigenvalue weighted by Gasteiger charge is -2.41. The third-order valence-electron chi connectivity index (χ3n) is 3.90. The smallest absolute Gasteiger partial charge is 0.282 e. The number of ether oxygens (including phenoxy) is 1. The lowest BCUT2D eigenvalue weighted by atomic mass is 9.93. The van der Waals surface area contributed by atoms with Crippen LogP contribution in [-0.2, 0) is 14.9 Å². The molecule has 0 amide bonds. The van der Waals surface area contributed by atoms with Crippen molar-refractivity contribution in [3.63, 3.8) is 0 Å². The average Bonchev–Trinajstić information content (AvgIpc) is 2.39. The van der Waals surface area contributed by atoms with E-state index in [-0.39, 0.29) is 18.4 Å². The van der Waals surface area contributed by atoms with E-state index in [1.807, 2.05) is 0 Å². The molecule has 8 heteroatoms. The van der Waals surface area contributed by atoms with E-state index in [9.17, 15) is 8.42 Å². The Morgan fingerprint density at radius 2 is 1.89 bits per heavy atom. The van der Waals surface area contributed by atoms with Crippen LogP contribution >= 0.6 is 12.4 Å². The van der Waals surface area contributed by atoms with Gasteiger partial charge in [0.05, 0.1) is 13.2 Å². The quantitative estimate of drug-likeness (QED) is 0.798. The molecule has 2 heterocycles. The van der Waals surface area contributed by atoms with Gasteiger partial charge in [-0.05, 0) is 18.8 Å². The summed E-state index contributed by atoms with van der Waals surface area (Å²) >= 11 is 0. The van der Waals surface area contributed by atoms with E-state index < -0.39 is 10.2 Å². The van der Waals surface area contributed by atoms with Crippen molar-refractivity contribution in [2.45, 2.75) is 25.8 Å². The van der Waals surface area contributed by atoms with Crippen molar-refractivity contribution in [3.8, 4) is 0 Å². The van der Waals surface area contributed by atoms with E-state index >= 15 is 0 Å². The van der Waals surface area contributed by atoms with Gasteiger partial charge < -0.3 is 10.5 Å². The molecule has 19 heavy (non-hydrogen) atoms. The van der Waals surface area contributed by atoms with E-state index in [1.165, 1.54) is 4.31 Å². The van der Waals surface area contributed by atoms with Crippen molar-refractivity contribution in [2.75, 3.05) is 39.4 Å². The Morgan fingerprint density at radius 1 is 1.26 bits per heavy atom. The van der Waals surface area contributed by atoms with E-state index in [2.05, 4.69) is 6.92 Å². The monoisotopic (exact) mass is 313 g/mol. The number of morpholine rings is 1. The molecule has 2 saturated heterocycles. The molecule has 0 radical (unpaired) electrons. The maximum absolute atomic E-state index is 12.6. The summed E-state index contributed by atoms with van der Waals surface area (Å²) in [6.45, 7) is 4.93. The van der Waals surface area contributed by atoms with Gasteiger partial charge in [-0.3, -0.25) is 0 Å². The molecule has 2 N–H and O–H groups in total. The largest absolute Gasteiger partial charge is 0.379 e. The molecule has 2 atom stereocenters. The van der Waals surface area contributed by atoms with Gasteiger partial charge in [0.1, 0.15) is 0 Å². The number of halogens is 1. The van der Waals surface area contributed by atoms with Crippen LogP contribution in [0.5, 0.6) is 0 Å². The van der Waals surface area contributed by atoms with Crippen LogP contribution in [0, 0.1) is 5.92 Å². The van der Waals surface area contributed by atoms with E-state index in [4.69, 9.17) is 10.5 Å². The lowest BCUT2D eigenvalue weighted by molar-refractivity contribution is 0.0668. The van der Waals surface area contributed by atoms with Gasteiger partial charge >= 0.3 is 0 Å². The van der Waals surface area contributed by atoms with Gasteiger partial charge in [-0.2, -0.15) is 17.0 Å². The first-order chi connectivity index (χ1) is 8.57. The normalized spacial score (nSPS) is 30.8. The van der Waals surface area contributed by atoms with Crippen LogP contribution in [0.4, 0.5) is 0 Å². The summed E-state index contributed by atoms with van der Waals surface area (Å²) < 4.78 is 33.5. The minimum Gasteiger partial charge on any atom is -0.379 e.